The molecule has 2 unspecified atom stereocenters. The molecule has 2 atom stereocenters. The molecule has 1 saturated heterocycles. The lowest BCUT2D eigenvalue weighted by Gasteiger charge is -2.28. The number of fused-ring (bicyclic) bond motifs is 2. The molecule has 2 amide bonds. The predicted molar refractivity (Wildman–Crippen MR) is 138 cm³/mol. The highest BCUT2D eigenvalue weighted by atomic mass is 16.5. The molecule has 198 valence electrons. The van der Waals surface area contributed by atoms with E-state index in [1.165, 1.54) is 0 Å². The first-order valence-electron chi connectivity index (χ1n) is 13.1. The van der Waals surface area contributed by atoms with Crippen molar-refractivity contribution in [3.05, 3.63) is 58.7 Å². The molecule has 2 aromatic carbocycles. The molecule has 0 radical (unpaired) electrons. The number of rotatable bonds is 8. The Morgan fingerprint density at radius 1 is 1.11 bits per heavy atom. The molecule has 2 aliphatic heterocycles. The first-order valence-corrected chi connectivity index (χ1v) is 13.1. The number of carboxylic acids is 1. The van der Waals surface area contributed by atoms with Gasteiger partial charge in [0.2, 0.25) is 5.91 Å². The van der Waals surface area contributed by atoms with Gasteiger partial charge in [-0.2, -0.15) is 5.26 Å². The Morgan fingerprint density at radius 3 is 2.68 bits per heavy atom. The Hall–Kier alpha value is -3.90. The molecule has 9 heteroatoms. The van der Waals surface area contributed by atoms with E-state index in [-0.39, 0.29) is 30.2 Å². The van der Waals surface area contributed by atoms with Gasteiger partial charge in [-0.25, -0.2) is 0 Å². The third-order valence-electron chi connectivity index (χ3n) is 7.87. The van der Waals surface area contributed by atoms with E-state index in [0.29, 0.717) is 68.1 Å². The number of nitrogens with zero attached hydrogens (tertiary/aromatic N) is 1. The van der Waals surface area contributed by atoms with Crippen LogP contribution >= 0.6 is 0 Å². The summed E-state index contributed by atoms with van der Waals surface area (Å²) in [6.45, 7) is 1.78. The normalized spacial score (nSPS) is 22.0. The number of carbonyl (C=O) groups is 3. The average Bonchev–Trinajstić information content (AvgIpc) is 3.64. The molecular formula is C29H31N3O6. The Labute approximate surface area is 221 Å². The van der Waals surface area contributed by atoms with Crippen LogP contribution in [0.1, 0.15) is 65.6 Å². The standard InChI is InChI=1S/C29H31N3O6/c30-17-18-4-5-19(2-1-3-26(33)34)24(14-18)32-28(36)23-16-29(23)10-13-38-25-7-6-20(15-22(25)29)27(35)31-21-8-11-37-12-9-21/h4-7,14-15,21,23H,1-3,8-13,16H2,(H,31,35)(H,32,36)(H,33,34). The fraction of sp³-hybridized carbons (Fsp3) is 0.448. The lowest BCUT2D eigenvalue weighted by molar-refractivity contribution is -0.137. The Kier molecular flexibility index (Phi) is 7.34. The number of hydrogen-bond acceptors (Lipinski definition) is 6. The van der Waals surface area contributed by atoms with E-state index in [9.17, 15) is 19.6 Å². The van der Waals surface area contributed by atoms with Crippen LogP contribution in [-0.4, -0.2) is 48.8 Å². The minimum absolute atomic E-state index is 0.0281. The fourth-order valence-electron chi connectivity index (χ4n) is 5.63. The molecule has 0 aromatic heterocycles. The Balaban J connectivity index is 1.32. The second kappa shape index (κ2) is 10.8. The van der Waals surface area contributed by atoms with Crippen LogP contribution in [-0.2, 0) is 26.2 Å². The highest BCUT2D eigenvalue weighted by Gasteiger charge is 2.61. The number of nitriles is 1. The molecule has 9 nitrogen and oxygen atoms in total. The van der Waals surface area contributed by atoms with Crippen LogP contribution in [0.5, 0.6) is 5.75 Å². The van der Waals surface area contributed by atoms with Crippen molar-refractivity contribution < 1.29 is 29.0 Å². The summed E-state index contributed by atoms with van der Waals surface area (Å²) in [6.07, 6.45) is 3.83. The van der Waals surface area contributed by atoms with Crippen LogP contribution in [0.2, 0.25) is 0 Å². The summed E-state index contributed by atoms with van der Waals surface area (Å²) >= 11 is 0. The number of nitrogens with one attached hydrogen (secondary N) is 2. The second-order valence-electron chi connectivity index (χ2n) is 10.3. The van der Waals surface area contributed by atoms with Gasteiger partial charge in [-0.1, -0.05) is 6.07 Å². The van der Waals surface area contributed by atoms with Crippen LogP contribution in [0.4, 0.5) is 5.69 Å². The molecule has 38 heavy (non-hydrogen) atoms. The van der Waals surface area contributed by atoms with Gasteiger partial charge in [0, 0.05) is 53.8 Å². The number of benzene rings is 2. The van der Waals surface area contributed by atoms with Crippen molar-refractivity contribution in [3.63, 3.8) is 0 Å². The molecule has 2 aromatic rings. The summed E-state index contributed by atoms with van der Waals surface area (Å²) in [7, 11) is 0. The summed E-state index contributed by atoms with van der Waals surface area (Å²) < 4.78 is 11.3. The minimum Gasteiger partial charge on any atom is -0.493 e. The zero-order valence-corrected chi connectivity index (χ0v) is 21.1. The van der Waals surface area contributed by atoms with Crippen molar-refractivity contribution in [2.24, 2.45) is 5.92 Å². The molecule has 5 rings (SSSR count). The molecule has 0 bridgehead atoms. The quantitative estimate of drug-likeness (QED) is 0.487. The van der Waals surface area contributed by atoms with Gasteiger partial charge in [-0.15, -0.1) is 0 Å². The Morgan fingerprint density at radius 2 is 1.92 bits per heavy atom. The van der Waals surface area contributed by atoms with Crippen LogP contribution in [0.25, 0.3) is 0 Å². The van der Waals surface area contributed by atoms with E-state index in [2.05, 4.69) is 16.7 Å². The van der Waals surface area contributed by atoms with Crippen molar-refractivity contribution >= 4 is 23.5 Å². The second-order valence-corrected chi connectivity index (χ2v) is 10.3. The van der Waals surface area contributed by atoms with Gasteiger partial charge < -0.3 is 25.2 Å². The first-order chi connectivity index (χ1) is 18.4. The number of carboxylic acid groups (broad SMARTS) is 1. The summed E-state index contributed by atoms with van der Waals surface area (Å²) in [4.78, 5) is 37.4. The zero-order valence-electron chi connectivity index (χ0n) is 21.1. The van der Waals surface area contributed by atoms with Gasteiger partial charge in [0.1, 0.15) is 5.75 Å². The molecule has 2 fully saturated rings. The largest absolute Gasteiger partial charge is 0.493 e. The number of aliphatic carboxylic acids is 1. The first kappa shape index (κ1) is 25.7. The van der Waals surface area contributed by atoms with E-state index in [1.807, 2.05) is 12.1 Å². The number of carbonyl (C=O) groups excluding carboxylic acids is 2. The number of amides is 2. The van der Waals surface area contributed by atoms with Crippen molar-refractivity contribution in [1.82, 2.24) is 5.32 Å². The highest BCUT2D eigenvalue weighted by molar-refractivity contribution is 5.98. The number of ether oxygens (including phenoxy) is 2. The van der Waals surface area contributed by atoms with Gasteiger partial charge in [-0.05, 0) is 74.4 Å². The Bertz CT molecular complexity index is 1300. The maximum absolute atomic E-state index is 13.5. The molecular weight excluding hydrogens is 486 g/mol. The smallest absolute Gasteiger partial charge is 0.303 e. The predicted octanol–water partition coefficient (Wildman–Crippen LogP) is 3.55. The van der Waals surface area contributed by atoms with Crippen molar-refractivity contribution in [1.29, 1.82) is 5.26 Å². The summed E-state index contributed by atoms with van der Waals surface area (Å²) in [5, 5.41) is 24.4. The third-order valence-corrected chi connectivity index (χ3v) is 7.87. The van der Waals surface area contributed by atoms with Gasteiger partial charge in [0.15, 0.2) is 0 Å². The fourth-order valence-corrected chi connectivity index (χ4v) is 5.63. The van der Waals surface area contributed by atoms with Gasteiger partial charge >= 0.3 is 5.97 Å². The maximum atomic E-state index is 13.5. The van der Waals surface area contributed by atoms with E-state index < -0.39 is 11.4 Å². The lowest BCUT2D eigenvalue weighted by atomic mass is 9.86. The zero-order chi connectivity index (χ0) is 26.7. The van der Waals surface area contributed by atoms with E-state index in [1.54, 1.807) is 24.3 Å². The average molecular weight is 518 g/mol. The van der Waals surface area contributed by atoms with Gasteiger partial charge in [0.05, 0.1) is 18.2 Å². The third kappa shape index (κ3) is 5.36. The number of aryl methyl sites for hydroxylation is 1. The van der Waals surface area contributed by atoms with Crippen molar-refractivity contribution in [2.45, 2.75) is 56.4 Å². The summed E-state index contributed by atoms with van der Waals surface area (Å²) in [5.41, 5.74) is 2.79. The summed E-state index contributed by atoms with van der Waals surface area (Å²) in [5.74, 6) is -0.749. The summed E-state index contributed by atoms with van der Waals surface area (Å²) in [6, 6.07) is 12.7. The van der Waals surface area contributed by atoms with E-state index in [0.717, 1.165) is 24.0 Å². The topological polar surface area (TPSA) is 138 Å². The van der Waals surface area contributed by atoms with Crippen LogP contribution in [0, 0.1) is 17.2 Å². The SMILES string of the molecule is N#Cc1ccc(CCCC(=O)O)c(NC(=O)C2CC23CCOc2ccc(C(=O)NC4CCOCC4)cc23)c1. The monoisotopic (exact) mass is 517 g/mol. The highest BCUT2D eigenvalue weighted by Crippen LogP contribution is 2.61. The van der Waals surface area contributed by atoms with Crippen LogP contribution < -0.4 is 15.4 Å². The molecule has 1 spiro atoms. The maximum Gasteiger partial charge on any atom is 0.303 e. The van der Waals surface area contributed by atoms with Gasteiger partial charge in [0.25, 0.3) is 5.91 Å². The van der Waals surface area contributed by atoms with Crippen LogP contribution in [0.15, 0.2) is 36.4 Å². The molecule has 1 aliphatic carbocycles. The van der Waals surface area contributed by atoms with Crippen molar-refractivity contribution in [2.75, 3.05) is 25.1 Å². The van der Waals surface area contributed by atoms with Crippen molar-refractivity contribution in [3.8, 4) is 11.8 Å². The van der Waals surface area contributed by atoms with Crippen LogP contribution in [0.3, 0.4) is 0 Å². The molecule has 3 N–H and O–H groups in total. The molecule has 3 aliphatic rings. The van der Waals surface area contributed by atoms with Gasteiger partial charge in [-0.3, -0.25) is 14.4 Å². The molecule has 1 saturated carbocycles. The number of hydrogen-bond donors (Lipinski definition) is 3. The minimum atomic E-state index is -0.872. The number of anilines is 1. The van der Waals surface area contributed by atoms with E-state index in [4.69, 9.17) is 14.6 Å². The molecule has 2 heterocycles. The van der Waals surface area contributed by atoms with E-state index >= 15 is 0 Å². The lowest BCUT2D eigenvalue weighted by Crippen LogP contribution is -2.39.